The molecule has 0 radical (unpaired) electrons. The highest BCUT2D eigenvalue weighted by atomic mass is 16.5. The molecule has 1 aliphatic rings. The Kier molecular flexibility index (Phi) is 4.11. The number of phenolic OH excluding ortho intramolecular Hbond substituents is 1. The van der Waals surface area contributed by atoms with Crippen molar-refractivity contribution in [3.8, 4) is 5.75 Å². The number of rotatable bonds is 4. The van der Waals surface area contributed by atoms with E-state index in [4.69, 9.17) is 4.52 Å². The van der Waals surface area contributed by atoms with Crippen molar-refractivity contribution in [3.63, 3.8) is 0 Å². The van der Waals surface area contributed by atoms with Crippen molar-refractivity contribution in [1.29, 1.82) is 0 Å². The zero-order valence-corrected chi connectivity index (χ0v) is 12.5. The van der Waals surface area contributed by atoms with Crippen LogP contribution in [-0.4, -0.2) is 34.2 Å². The zero-order valence-electron chi connectivity index (χ0n) is 12.5. The van der Waals surface area contributed by atoms with E-state index in [1.54, 1.807) is 25.1 Å². The molecule has 1 aromatic carbocycles. The Hall–Kier alpha value is -2.34. The van der Waals surface area contributed by atoms with Crippen LogP contribution in [0.25, 0.3) is 0 Å². The number of hydrogen-bond donors (Lipinski definition) is 2. The first-order chi connectivity index (χ1) is 10.6. The highest BCUT2D eigenvalue weighted by Crippen LogP contribution is 2.32. The topological polar surface area (TPSA) is 78.6 Å². The molecule has 1 atom stereocenters. The smallest absolute Gasteiger partial charge is 0.239 e. The van der Waals surface area contributed by atoms with Gasteiger partial charge in [0, 0.05) is 12.1 Å². The van der Waals surface area contributed by atoms with Crippen LogP contribution in [0.3, 0.4) is 0 Å². The zero-order chi connectivity index (χ0) is 15.5. The normalized spacial score (nSPS) is 18.5. The maximum absolute atomic E-state index is 12.1. The lowest BCUT2D eigenvalue weighted by Gasteiger charge is -2.24. The van der Waals surface area contributed by atoms with Gasteiger partial charge in [-0.25, -0.2) is 0 Å². The monoisotopic (exact) mass is 301 g/mol. The molecule has 1 amide bonds. The molecule has 0 saturated carbocycles. The number of benzene rings is 1. The lowest BCUT2D eigenvalue weighted by Crippen LogP contribution is -2.33. The summed E-state index contributed by atoms with van der Waals surface area (Å²) in [6.07, 6.45) is 2.07. The Balaban J connectivity index is 1.63. The van der Waals surface area contributed by atoms with Crippen molar-refractivity contribution in [3.05, 3.63) is 41.7 Å². The second kappa shape index (κ2) is 6.19. The van der Waals surface area contributed by atoms with Crippen molar-refractivity contribution < 1.29 is 14.4 Å². The van der Waals surface area contributed by atoms with Crippen molar-refractivity contribution in [1.82, 2.24) is 10.1 Å². The quantitative estimate of drug-likeness (QED) is 0.907. The number of nitrogens with one attached hydrogen (secondary N) is 1. The van der Waals surface area contributed by atoms with Crippen molar-refractivity contribution in [2.75, 3.05) is 18.4 Å². The molecule has 0 unspecified atom stereocenters. The summed E-state index contributed by atoms with van der Waals surface area (Å²) in [7, 11) is 0. The number of aromatic nitrogens is 1. The summed E-state index contributed by atoms with van der Waals surface area (Å²) in [4.78, 5) is 14.3. The number of aryl methyl sites for hydroxylation is 1. The number of phenols is 1. The molecule has 22 heavy (non-hydrogen) atoms. The molecule has 2 heterocycles. The SMILES string of the molecule is Cc1cc(NC(=O)CN2CCC[C@@H]2c2ccc(O)cc2)no1. The average molecular weight is 301 g/mol. The minimum absolute atomic E-state index is 0.0982. The van der Waals surface area contributed by atoms with Gasteiger partial charge in [-0.1, -0.05) is 17.3 Å². The molecule has 116 valence electrons. The number of carbonyl (C=O) groups is 1. The fraction of sp³-hybridized carbons (Fsp3) is 0.375. The van der Waals surface area contributed by atoms with E-state index in [0.29, 0.717) is 18.1 Å². The minimum atomic E-state index is -0.0982. The molecule has 3 rings (SSSR count). The van der Waals surface area contributed by atoms with Crippen LogP contribution in [0.15, 0.2) is 34.9 Å². The summed E-state index contributed by atoms with van der Waals surface area (Å²) in [5, 5.41) is 15.9. The van der Waals surface area contributed by atoms with E-state index >= 15 is 0 Å². The number of aromatic hydroxyl groups is 1. The number of hydrogen-bond acceptors (Lipinski definition) is 5. The van der Waals surface area contributed by atoms with Crippen LogP contribution >= 0.6 is 0 Å². The molecular weight excluding hydrogens is 282 g/mol. The van der Waals surface area contributed by atoms with Gasteiger partial charge in [-0.05, 0) is 44.0 Å². The fourth-order valence-electron chi connectivity index (χ4n) is 2.88. The third-order valence-electron chi connectivity index (χ3n) is 3.88. The molecule has 1 aromatic heterocycles. The summed E-state index contributed by atoms with van der Waals surface area (Å²) >= 11 is 0. The predicted molar refractivity (Wildman–Crippen MR) is 81.5 cm³/mol. The van der Waals surface area contributed by atoms with E-state index in [1.165, 1.54) is 0 Å². The van der Waals surface area contributed by atoms with E-state index in [0.717, 1.165) is 24.9 Å². The van der Waals surface area contributed by atoms with E-state index < -0.39 is 0 Å². The van der Waals surface area contributed by atoms with Crippen LogP contribution in [-0.2, 0) is 4.79 Å². The van der Waals surface area contributed by atoms with Gasteiger partial charge >= 0.3 is 0 Å². The van der Waals surface area contributed by atoms with Gasteiger partial charge in [0.2, 0.25) is 5.91 Å². The largest absolute Gasteiger partial charge is 0.508 e. The molecule has 1 aliphatic heterocycles. The lowest BCUT2D eigenvalue weighted by molar-refractivity contribution is -0.117. The summed E-state index contributed by atoms with van der Waals surface area (Å²) < 4.78 is 4.94. The van der Waals surface area contributed by atoms with Gasteiger partial charge in [0.25, 0.3) is 0 Å². The van der Waals surface area contributed by atoms with Gasteiger partial charge in [-0.2, -0.15) is 0 Å². The average Bonchev–Trinajstić information content (AvgIpc) is 3.09. The summed E-state index contributed by atoms with van der Waals surface area (Å²) in [6.45, 7) is 2.98. The minimum Gasteiger partial charge on any atom is -0.508 e. The van der Waals surface area contributed by atoms with Gasteiger partial charge in [0.05, 0.1) is 6.54 Å². The van der Waals surface area contributed by atoms with Crippen LogP contribution in [0.2, 0.25) is 0 Å². The van der Waals surface area contributed by atoms with Gasteiger partial charge in [-0.3, -0.25) is 9.69 Å². The molecule has 2 aromatic rings. The highest BCUT2D eigenvalue weighted by Gasteiger charge is 2.27. The second-order valence-electron chi connectivity index (χ2n) is 5.59. The Morgan fingerprint density at radius 3 is 2.91 bits per heavy atom. The molecule has 0 aliphatic carbocycles. The maximum Gasteiger partial charge on any atom is 0.239 e. The Labute approximate surface area is 128 Å². The first-order valence-corrected chi connectivity index (χ1v) is 7.38. The summed E-state index contributed by atoms with van der Waals surface area (Å²) in [6, 6.07) is 9.10. The first-order valence-electron chi connectivity index (χ1n) is 7.38. The van der Waals surface area contributed by atoms with Crippen LogP contribution in [0.5, 0.6) is 5.75 Å². The number of nitrogens with zero attached hydrogens (tertiary/aromatic N) is 2. The van der Waals surface area contributed by atoms with E-state index in [1.807, 2.05) is 12.1 Å². The fourth-order valence-corrected chi connectivity index (χ4v) is 2.88. The van der Waals surface area contributed by atoms with Crippen molar-refractivity contribution in [2.45, 2.75) is 25.8 Å². The molecule has 6 heteroatoms. The number of amides is 1. The third kappa shape index (κ3) is 3.28. The second-order valence-corrected chi connectivity index (χ2v) is 5.59. The van der Waals surface area contributed by atoms with Gasteiger partial charge < -0.3 is 14.9 Å². The molecule has 1 saturated heterocycles. The molecule has 1 fully saturated rings. The van der Waals surface area contributed by atoms with Crippen LogP contribution in [0.4, 0.5) is 5.82 Å². The molecule has 2 N–H and O–H groups in total. The van der Waals surface area contributed by atoms with Gasteiger partial charge in [-0.15, -0.1) is 0 Å². The van der Waals surface area contributed by atoms with Crippen LogP contribution in [0.1, 0.15) is 30.2 Å². The van der Waals surface area contributed by atoms with Crippen molar-refractivity contribution in [2.24, 2.45) is 0 Å². The predicted octanol–water partition coefficient (Wildman–Crippen LogP) is 2.46. The van der Waals surface area contributed by atoms with Crippen LogP contribution < -0.4 is 5.32 Å². The Bertz CT molecular complexity index is 651. The summed E-state index contributed by atoms with van der Waals surface area (Å²) in [5.41, 5.74) is 1.13. The Morgan fingerprint density at radius 1 is 1.45 bits per heavy atom. The first kappa shape index (κ1) is 14.6. The van der Waals surface area contributed by atoms with Gasteiger partial charge in [0.15, 0.2) is 5.82 Å². The van der Waals surface area contributed by atoms with E-state index in [9.17, 15) is 9.90 Å². The Morgan fingerprint density at radius 2 is 2.23 bits per heavy atom. The highest BCUT2D eigenvalue weighted by molar-refractivity contribution is 5.91. The van der Waals surface area contributed by atoms with Crippen LogP contribution in [0, 0.1) is 6.92 Å². The number of likely N-dealkylation sites (tertiary alicyclic amines) is 1. The lowest BCUT2D eigenvalue weighted by atomic mass is 10.0. The van der Waals surface area contributed by atoms with Gasteiger partial charge in [0.1, 0.15) is 11.5 Å². The standard InChI is InChI=1S/C16H19N3O3/c1-11-9-15(18-22-11)17-16(21)10-19-8-2-3-14(19)12-4-6-13(20)7-5-12/h4-7,9,14,20H,2-3,8,10H2,1H3,(H,17,18,21)/t14-/m1/s1. The van der Waals surface area contributed by atoms with E-state index in [-0.39, 0.29) is 17.7 Å². The number of anilines is 1. The molecule has 6 nitrogen and oxygen atoms in total. The molecule has 0 spiro atoms. The molecule has 0 bridgehead atoms. The number of carbonyl (C=O) groups excluding carboxylic acids is 1. The maximum atomic E-state index is 12.1. The summed E-state index contributed by atoms with van der Waals surface area (Å²) in [5.74, 6) is 1.27. The van der Waals surface area contributed by atoms with E-state index in [2.05, 4.69) is 15.4 Å². The molecular formula is C16H19N3O3. The van der Waals surface area contributed by atoms with Crippen molar-refractivity contribution >= 4 is 11.7 Å². The third-order valence-corrected chi connectivity index (χ3v) is 3.88.